The average molecular weight is 408 g/mol. The fourth-order valence-electron chi connectivity index (χ4n) is 2.21. The molecule has 0 aliphatic heterocycles. The highest BCUT2D eigenvalue weighted by Gasteiger charge is 2.14. The predicted octanol–water partition coefficient (Wildman–Crippen LogP) is 2.85. The lowest BCUT2D eigenvalue weighted by Gasteiger charge is -2.12. The van der Waals surface area contributed by atoms with Crippen molar-refractivity contribution in [2.24, 2.45) is 0 Å². The molecule has 8 heteroatoms. The van der Waals surface area contributed by atoms with Crippen LogP contribution < -0.4 is 14.8 Å². The molecule has 0 aliphatic rings. The average Bonchev–Trinajstić information content (AvgIpc) is 2.71. The Kier molecular flexibility index (Phi) is 8.58. The third kappa shape index (κ3) is 6.75. The molecule has 0 aliphatic carbocycles. The summed E-state index contributed by atoms with van der Waals surface area (Å²) in [5.41, 5.74) is 1.19. The molecule has 150 valence electrons. The van der Waals surface area contributed by atoms with Crippen molar-refractivity contribution in [3.63, 3.8) is 0 Å². The van der Waals surface area contributed by atoms with Crippen molar-refractivity contribution in [3.05, 3.63) is 58.6 Å². The van der Waals surface area contributed by atoms with Crippen LogP contribution in [-0.2, 0) is 20.9 Å². The monoisotopic (exact) mass is 407 g/mol. The number of methoxy groups -OCH3 is 2. The molecule has 0 heterocycles. The van der Waals surface area contributed by atoms with E-state index in [0.29, 0.717) is 36.3 Å². The van der Waals surface area contributed by atoms with E-state index in [1.54, 1.807) is 24.3 Å². The van der Waals surface area contributed by atoms with Crippen LogP contribution in [-0.4, -0.2) is 45.9 Å². The predicted molar refractivity (Wildman–Crippen MR) is 104 cm³/mol. The summed E-state index contributed by atoms with van der Waals surface area (Å²) >= 11 is 5.87. The topological polar surface area (TPSA) is 83.1 Å². The summed E-state index contributed by atoms with van der Waals surface area (Å²) in [4.78, 5) is 23.7. The van der Waals surface area contributed by atoms with Gasteiger partial charge in [0.1, 0.15) is 6.61 Å². The number of nitrogens with one attached hydrogen (secondary N) is 1. The van der Waals surface area contributed by atoms with E-state index in [0.717, 1.165) is 5.56 Å². The van der Waals surface area contributed by atoms with Crippen molar-refractivity contribution >= 4 is 23.5 Å². The molecule has 7 nitrogen and oxygen atoms in total. The number of carbonyl (C=O) groups excluding carboxylic acids is 2. The lowest BCUT2D eigenvalue weighted by molar-refractivity contribution is -0.124. The number of ether oxygens (including phenoxy) is 4. The molecule has 0 saturated heterocycles. The van der Waals surface area contributed by atoms with Crippen molar-refractivity contribution in [1.29, 1.82) is 0 Å². The second kappa shape index (κ2) is 11.2. The molecule has 0 saturated carbocycles. The van der Waals surface area contributed by atoms with Gasteiger partial charge in [-0.05, 0) is 35.9 Å². The molecule has 0 atom stereocenters. The van der Waals surface area contributed by atoms with E-state index in [1.807, 2.05) is 12.1 Å². The Hall–Kier alpha value is -2.77. The molecule has 0 unspecified atom stereocenters. The van der Waals surface area contributed by atoms with Crippen LogP contribution in [0.2, 0.25) is 5.02 Å². The first-order chi connectivity index (χ1) is 13.5. The van der Waals surface area contributed by atoms with Crippen LogP contribution in [0.4, 0.5) is 0 Å². The number of esters is 1. The molecule has 2 aromatic carbocycles. The summed E-state index contributed by atoms with van der Waals surface area (Å²) < 4.78 is 20.9. The Morgan fingerprint density at radius 2 is 1.79 bits per heavy atom. The number of benzene rings is 2. The number of carbonyl (C=O) groups is 2. The zero-order chi connectivity index (χ0) is 20.4. The van der Waals surface area contributed by atoms with Gasteiger partial charge in [-0.1, -0.05) is 23.7 Å². The van der Waals surface area contributed by atoms with Gasteiger partial charge in [0.05, 0.1) is 19.3 Å². The van der Waals surface area contributed by atoms with Gasteiger partial charge in [-0.25, -0.2) is 4.79 Å². The summed E-state index contributed by atoms with van der Waals surface area (Å²) in [6.07, 6.45) is 0. The first kappa shape index (κ1) is 21.5. The van der Waals surface area contributed by atoms with Crippen molar-refractivity contribution in [2.45, 2.75) is 6.61 Å². The van der Waals surface area contributed by atoms with Gasteiger partial charge < -0.3 is 24.3 Å². The smallest absolute Gasteiger partial charge is 0.338 e. The van der Waals surface area contributed by atoms with Crippen molar-refractivity contribution in [2.75, 3.05) is 34.0 Å². The largest absolute Gasteiger partial charge is 0.493 e. The zero-order valence-corrected chi connectivity index (χ0v) is 16.5. The molecular weight excluding hydrogens is 386 g/mol. The van der Waals surface area contributed by atoms with Gasteiger partial charge in [0, 0.05) is 18.7 Å². The van der Waals surface area contributed by atoms with Gasteiger partial charge in [0.2, 0.25) is 0 Å². The van der Waals surface area contributed by atoms with Gasteiger partial charge in [0.25, 0.3) is 5.91 Å². The van der Waals surface area contributed by atoms with Crippen LogP contribution in [0.3, 0.4) is 0 Å². The van der Waals surface area contributed by atoms with E-state index in [-0.39, 0.29) is 12.2 Å². The molecular formula is C20H22ClNO6. The van der Waals surface area contributed by atoms with Crippen molar-refractivity contribution < 1.29 is 28.5 Å². The quantitative estimate of drug-likeness (QED) is 0.481. The molecule has 0 bridgehead atoms. The van der Waals surface area contributed by atoms with Crippen LogP contribution in [0, 0.1) is 0 Å². The minimum Gasteiger partial charge on any atom is -0.493 e. The van der Waals surface area contributed by atoms with E-state index in [1.165, 1.54) is 20.3 Å². The molecule has 0 fully saturated rings. The Balaban J connectivity index is 1.92. The fourth-order valence-corrected chi connectivity index (χ4v) is 2.34. The maximum atomic E-state index is 12.1. The van der Waals surface area contributed by atoms with Gasteiger partial charge in [-0.3, -0.25) is 4.79 Å². The zero-order valence-electron chi connectivity index (χ0n) is 15.7. The standard InChI is InChI=1S/C20H22ClNO6/c1-25-10-9-22-19(23)13-28-20(24)15-5-8-17(18(11-15)26-2)27-12-14-3-6-16(21)7-4-14/h3-8,11H,9-10,12-13H2,1-2H3,(H,22,23). The highest BCUT2D eigenvalue weighted by atomic mass is 35.5. The van der Waals surface area contributed by atoms with E-state index in [2.05, 4.69) is 5.32 Å². The van der Waals surface area contributed by atoms with Crippen LogP contribution in [0.15, 0.2) is 42.5 Å². The molecule has 0 aromatic heterocycles. The van der Waals surface area contributed by atoms with E-state index in [9.17, 15) is 9.59 Å². The lowest BCUT2D eigenvalue weighted by atomic mass is 10.2. The Morgan fingerprint density at radius 3 is 2.46 bits per heavy atom. The SMILES string of the molecule is COCCNC(=O)COC(=O)c1ccc(OCc2ccc(Cl)cc2)c(OC)c1. The van der Waals surface area contributed by atoms with Gasteiger partial charge in [-0.15, -0.1) is 0 Å². The second-order valence-corrected chi connectivity index (χ2v) is 6.14. The molecule has 1 amide bonds. The highest BCUT2D eigenvalue weighted by molar-refractivity contribution is 6.30. The first-order valence-corrected chi connectivity index (χ1v) is 8.89. The molecule has 1 N–H and O–H groups in total. The minimum absolute atomic E-state index is 0.250. The highest BCUT2D eigenvalue weighted by Crippen LogP contribution is 2.29. The molecule has 28 heavy (non-hydrogen) atoms. The van der Waals surface area contributed by atoms with Crippen molar-refractivity contribution in [1.82, 2.24) is 5.32 Å². The number of halogens is 1. The maximum Gasteiger partial charge on any atom is 0.338 e. The third-order valence-corrected chi connectivity index (χ3v) is 3.92. The van der Waals surface area contributed by atoms with Gasteiger partial charge >= 0.3 is 5.97 Å². The van der Waals surface area contributed by atoms with Crippen LogP contribution in [0.25, 0.3) is 0 Å². The van der Waals surface area contributed by atoms with Gasteiger partial charge in [-0.2, -0.15) is 0 Å². The van der Waals surface area contributed by atoms with Gasteiger partial charge in [0.15, 0.2) is 18.1 Å². The van der Waals surface area contributed by atoms with E-state index >= 15 is 0 Å². The Morgan fingerprint density at radius 1 is 1.04 bits per heavy atom. The molecule has 0 radical (unpaired) electrons. The lowest BCUT2D eigenvalue weighted by Crippen LogP contribution is -2.31. The minimum atomic E-state index is -0.635. The Bertz CT molecular complexity index is 794. The summed E-state index contributed by atoms with van der Waals surface area (Å²) in [5, 5.41) is 3.21. The molecule has 2 aromatic rings. The van der Waals surface area contributed by atoms with Crippen LogP contribution in [0.5, 0.6) is 11.5 Å². The van der Waals surface area contributed by atoms with E-state index < -0.39 is 11.9 Å². The number of rotatable bonds is 10. The van der Waals surface area contributed by atoms with Crippen LogP contribution >= 0.6 is 11.6 Å². The summed E-state index contributed by atoms with van der Waals surface area (Å²) in [5.74, 6) is -0.177. The maximum absolute atomic E-state index is 12.1. The molecule has 2 rings (SSSR count). The normalized spacial score (nSPS) is 10.2. The summed E-state index contributed by atoms with van der Waals surface area (Å²) in [7, 11) is 3.01. The first-order valence-electron chi connectivity index (χ1n) is 8.51. The number of hydrogen-bond acceptors (Lipinski definition) is 6. The van der Waals surface area contributed by atoms with E-state index in [4.69, 9.17) is 30.5 Å². The third-order valence-electron chi connectivity index (χ3n) is 3.67. The Labute approximate surface area is 168 Å². The summed E-state index contributed by atoms with van der Waals surface area (Å²) in [6, 6.07) is 11.9. The number of hydrogen-bond donors (Lipinski definition) is 1. The second-order valence-electron chi connectivity index (χ2n) is 5.70. The number of amides is 1. The van der Waals surface area contributed by atoms with Crippen LogP contribution in [0.1, 0.15) is 15.9 Å². The molecule has 0 spiro atoms. The fraction of sp³-hybridized carbons (Fsp3) is 0.300. The van der Waals surface area contributed by atoms with Crippen molar-refractivity contribution in [3.8, 4) is 11.5 Å². The summed E-state index contributed by atoms with van der Waals surface area (Å²) in [6.45, 7) is 0.674.